The van der Waals surface area contributed by atoms with Crippen LogP contribution >= 0.6 is 0 Å². The molecule has 2 aromatic rings. The third kappa shape index (κ3) is 3.08. The average molecular weight is 228 g/mol. The molecule has 0 saturated heterocycles. The van der Waals surface area contributed by atoms with Gasteiger partial charge in [0.1, 0.15) is 5.82 Å². The molecule has 3 heteroatoms. The van der Waals surface area contributed by atoms with Crippen LogP contribution in [0.5, 0.6) is 0 Å². The van der Waals surface area contributed by atoms with Gasteiger partial charge in [-0.05, 0) is 41.5 Å². The van der Waals surface area contributed by atoms with E-state index >= 15 is 0 Å². The van der Waals surface area contributed by atoms with Crippen molar-refractivity contribution in [3.05, 3.63) is 59.4 Å². The molecule has 0 aromatic heterocycles. The Balaban J connectivity index is 2.22. The fourth-order valence-electron chi connectivity index (χ4n) is 1.56. The van der Waals surface area contributed by atoms with Crippen molar-refractivity contribution in [2.45, 2.75) is 0 Å². The van der Waals surface area contributed by atoms with Gasteiger partial charge in [0.05, 0.1) is 0 Å². The second-order valence-electron chi connectivity index (χ2n) is 3.82. The molecule has 0 aliphatic rings. The van der Waals surface area contributed by atoms with E-state index in [1.807, 2.05) is 24.3 Å². The quantitative estimate of drug-likeness (QED) is 0.612. The number of nitrogens with two attached hydrogens (primary N) is 2. The molecule has 2 aromatic carbocycles. The summed E-state index contributed by atoms with van der Waals surface area (Å²) in [5, 5.41) is 0. The van der Waals surface area contributed by atoms with Crippen LogP contribution in [0.2, 0.25) is 0 Å². The Kier molecular flexibility index (Phi) is 3.10. The van der Waals surface area contributed by atoms with Crippen LogP contribution in [0.25, 0.3) is 12.2 Å². The molecule has 0 saturated carbocycles. The van der Waals surface area contributed by atoms with E-state index in [0.29, 0.717) is 11.4 Å². The number of hydrogen-bond donors (Lipinski definition) is 2. The summed E-state index contributed by atoms with van der Waals surface area (Å²) < 4.78 is 12.7. The highest BCUT2D eigenvalue weighted by Gasteiger charge is 1.93. The van der Waals surface area contributed by atoms with Gasteiger partial charge in [0, 0.05) is 11.4 Å². The lowest BCUT2D eigenvalue weighted by molar-refractivity contribution is 0.628. The van der Waals surface area contributed by atoms with Gasteiger partial charge >= 0.3 is 0 Å². The van der Waals surface area contributed by atoms with E-state index in [4.69, 9.17) is 11.5 Å². The van der Waals surface area contributed by atoms with Crippen LogP contribution in [-0.4, -0.2) is 0 Å². The van der Waals surface area contributed by atoms with Gasteiger partial charge in [-0.15, -0.1) is 0 Å². The molecule has 0 unspecified atom stereocenters. The van der Waals surface area contributed by atoms with Crippen molar-refractivity contribution in [2.75, 3.05) is 11.5 Å². The van der Waals surface area contributed by atoms with Crippen molar-refractivity contribution < 1.29 is 4.39 Å². The van der Waals surface area contributed by atoms with Crippen molar-refractivity contribution in [1.29, 1.82) is 0 Å². The number of anilines is 2. The molecule has 0 heterocycles. The lowest BCUT2D eigenvalue weighted by Gasteiger charge is -2.00. The summed E-state index contributed by atoms with van der Waals surface area (Å²) in [6, 6.07) is 11.6. The first-order valence-electron chi connectivity index (χ1n) is 5.23. The SMILES string of the molecule is Nc1cc(N)cc(/C=C/c2ccc(F)cc2)c1. The van der Waals surface area contributed by atoms with Gasteiger partial charge in [-0.1, -0.05) is 24.3 Å². The Hall–Kier alpha value is -2.29. The number of benzene rings is 2. The van der Waals surface area contributed by atoms with E-state index in [1.165, 1.54) is 12.1 Å². The molecule has 2 rings (SSSR count). The van der Waals surface area contributed by atoms with E-state index in [-0.39, 0.29) is 5.82 Å². The maximum atomic E-state index is 12.7. The molecule has 0 aliphatic carbocycles. The topological polar surface area (TPSA) is 52.0 Å². The maximum Gasteiger partial charge on any atom is 0.123 e. The summed E-state index contributed by atoms with van der Waals surface area (Å²) >= 11 is 0. The molecular weight excluding hydrogens is 215 g/mol. The minimum Gasteiger partial charge on any atom is -0.399 e. The molecule has 0 amide bonds. The highest BCUT2D eigenvalue weighted by Crippen LogP contribution is 2.16. The van der Waals surface area contributed by atoms with E-state index in [0.717, 1.165) is 11.1 Å². The molecule has 0 spiro atoms. The van der Waals surface area contributed by atoms with Gasteiger partial charge in [0.25, 0.3) is 0 Å². The lowest BCUT2D eigenvalue weighted by Crippen LogP contribution is -1.90. The molecule has 0 atom stereocenters. The molecule has 0 fully saturated rings. The van der Waals surface area contributed by atoms with Gasteiger partial charge in [-0.25, -0.2) is 4.39 Å². The van der Waals surface area contributed by atoms with Gasteiger partial charge in [-0.3, -0.25) is 0 Å². The first kappa shape index (κ1) is 11.2. The standard InChI is InChI=1S/C14H13FN2/c15-12-5-3-10(4-6-12)1-2-11-7-13(16)9-14(17)8-11/h1-9H,16-17H2/b2-1+. The Labute approximate surface area is 99.4 Å². The van der Waals surface area contributed by atoms with Gasteiger partial charge in [-0.2, -0.15) is 0 Å². The molecule has 86 valence electrons. The maximum absolute atomic E-state index is 12.7. The zero-order chi connectivity index (χ0) is 12.3. The van der Waals surface area contributed by atoms with Gasteiger partial charge in [0.2, 0.25) is 0 Å². The fraction of sp³-hybridized carbons (Fsp3) is 0. The Morgan fingerprint density at radius 3 is 1.88 bits per heavy atom. The minimum atomic E-state index is -0.240. The van der Waals surface area contributed by atoms with Crippen LogP contribution in [-0.2, 0) is 0 Å². The van der Waals surface area contributed by atoms with E-state index in [9.17, 15) is 4.39 Å². The van der Waals surface area contributed by atoms with Gasteiger partial charge in [0.15, 0.2) is 0 Å². The summed E-state index contributed by atoms with van der Waals surface area (Å²) in [5.74, 6) is -0.240. The predicted molar refractivity (Wildman–Crippen MR) is 70.6 cm³/mol. The predicted octanol–water partition coefficient (Wildman–Crippen LogP) is 3.16. The van der Waals surface area contributed by atoms with Crippen LogP contribution in [0.3, 0.4) is 0 Å². The number of nitrogen functional groups attached to an aromatic ring is 2. The summed E-state index contributed by atoms with van der Waals surface area (Å²) in [6.07, 6.45) is 3.77. The second kappa shape index (κ2) is 4.70. The normalized spacial score (nSPS) is 10.9. The third-order valence-corrected chi connectivity index (χ3v) is 2.34. The average Bonchev–Trinajstić information content (AvgIpc) is 2.27. The first-order chi connectivity index (χ1) is 8.13. The van der Waals surface area contributed by atoms with Crippen LogP contribution < -0.4 is 11.5 Å². The van der Waals surface area contributed by atoms with Crippen LogP contribution in [0, 0.1) is 5.82 Å². The molecule has 0 radical (unpaired) electrons. The summed E-state index contributed by atoms with van der Waals surface area (Å²) in [6.45, 7) is 0. The Morgan fingerprint density at radius 2 is 1.29 bits per heavy atom. The highest BCUT2D eigenvalue weighted by molar-refractivity contribution is 5.73. The fourth-order valence-corrected chi connectivity index (χ4v) is 1.56. The molecule has 17 heavy (non-hydrogen) atoms. The highest BCUT2D eigenvalue weighted by atomic mass is 19.1. The van der Waals surface area contributed by atoms with E-state index in [1.54, 1.807) is 18.2 Å². The molecule has 2 nitrogen and oxygen atoms in total. The van der Waals surface area contributed by atoms with Crippen LogP contribution in [0.15, 0.2) is 42.5 Å². The minimum absolute atomic E-state index is 0.240. The first-order valence-corrected chi connectivity index (χ1v) is 5.23. The second-order valence-corrected chi connectivity index (χ2v) is 3.82. The number of halogens is 1. The van der Waals surface area contributed by atoms with E-state index in [2.05, 4.69) is 0 Å². The van der Waals surface area contributed by atoms with Crippen LogP contribution in [0.1, 0.15) is 11.1 Å². The summed E-state index contributed by atoms with van der Waals surface area (Å²) in [7, 11) is 0. The third-order valence-electron chi connectivity index (χ3n) is 2.34. The Morgan fingerprint density at radius 1 is 0.765 bits per heavy atom. The van der Waals surface area contributed by atoms with E-state index < -0.39 is 0 Å². The van der Waals surface area contributed by atoms with Crippen molar-refractivity contribution in [2.24, 2.45) is 0 Å². The van der Waals surface area contributed by atoms with Crippen molar-refractivity contribution in [3.8, 4) is 0 Å². The smallest absolute Gasteiger partial charge is 0.123 e. The largest absolute Gasteiger partial charge is 0.399 e. The Bertz CT molecular complexity index is 524. The monoisotopic (exact) mass is 228 g/mol. The van der Waals surface area contributed by atoms with Crippen molar-refractivity contribution >= 4 is 23.5 Å². The van der Waals surface area contributed by atoms with Crippen LogP contribution in [0.4, 0.5) is 15.8 Å². The summed E-state index contributed by atoms with van der Waals surface area (Å²) in [5.41, 5.74) is 14.5. The van der Waals surface area contributed by atoms with Crippen molar-refractivity contribution in [1.82, 2.24) is 0 Å². The summed E-state index contributed by atoms with van der Waals surface area (Å²) in [4.78, 5) is 0. The molecular formula is C14H13FN2. The zero-order valence-electron chi connectivity index (χ0n) is 9.23. The lowest BCUT2D eigenvalue weighted by atomic mass is 10.1. The molecule has 0 bridgehead atoms. The van der Waals surface area contributed by atoms with Gasteiger partial charge < -0.3 is 11.5 Å². The number of hydrogen-bond acceptors (Lipinski definition) is 2. The molecule has 4 N–H and O–H groups in total. The molecule has 0 aliphatic heterocycles. The van der Waals surface area contributed by atoms with Crippen molar-refractivity contribution in [3.63, 3.8) is 0 Å². The number of rotatable bonds is 2. The zero-order valence-corrected chi connectivity index (χ0v) is 9.23.